The van der Waals surface area contributed by atoms with E-state index in [1.165, 1.54) is 19.1 Å². The zero-order chi connectivity index (χ0) is 19.3. The molecule has 0 bridgehead atoms. The molecule has 0 saturated carbocycles. The molecule has 2 aromatic carbocycles. The quantitative estimate of drug-likeness (QED) is 0.689. The molecular weight excluding hydrogens is 358 g/mol. The molecule has 0 atom stereocenters. The van der Waals surface area contributed by atoms with Gasteiger partial charge in [0.15, 0.2) is 0 Å². The molecule has 0 spiro atoms. The fraction of sp³-hybridized carbons (Fsp3) is 0.118. The first-order valence-electron chi connectivity index (χ1n) is 7.37. The monoisotopic (exact) mass is 373 g/mol. The molecular formula is C17H15N3O5S. The molecule has 0 saturated heterocycles. The smallest absolute Gasteiger partial charge is 0.296 e. The van der Waals surface area contributed by atoms with Gasteiger partial charge in [-0.05, 0) is 35.4 Å². The fourth-order valence-electron chi connectivity index (χ4n) is 2.23. The molecule has 0 aliphatic heterocycles. The molecule has 2 rings (SSSR count). The van der Waals surface area contributed by atoms with Gasteiger partial charge < -0.3 is 10.6 Å². The third-order valence-corrected chi connectivity index (χ3v) is 4.21. The van der Waals surface area contributed by atoms with Crippen LogP contribution in [0.5, 0.6) is 0 Å². The Morgan fingerprint density at radius 1 is 1.08 bits per heavy atom. The van der Waals surface area contributed by atoms with Gasteiger partial charge >= 0.3 is 0 Å². The molecule has 9 heteroatoms. The van der Waals surface area contributed by atoms with Crippen molar-refractivity contribution in [3.8, 4) is 17.2 Å². The lowest BCUT2D eigenvalue weighted by molar-refractivity contribution is -0.115. The molecule has 0 aliphatic carbocycles. The van der Waals surface area contributed by atoms with Crippen LogP contribution >= 0.6 is 0 Å². The molecule has 3 N–H and O–H groups in total. The molecule has 0 radical (unpaired) electrons. The van der Waals surface area contributed by atoms with Crippen LogP contribution in [0.1, 0.15) is 13.3 Å². The van der Waals surface area contributed by atoms with E-state index >= 15 is 0 Å². The van der Waals surface area contributed by atoms with Crippen LogP contribution in [0.2, 0.25) is 0 Å². The molecule has 2 amide bonds. The number of carbonyl (C=O) groups excluding carboxylic acids is 2. The zero-order valence-corrected chi connectivity index (χ0v) is 14.5. The molecule has 8 nitrogen and oxygen atoms in total. The van der Waals surface area contributed by atoms with Gasteiger partial charge in [0.25, 0.3) is 10.1 Å². The third kappa shape index (κ3) is 4.89. The number of benzene rings is 2. The van der Waals surface area contributed by atoms with Crippen LogP contribution in [0.25, 0.3) is 11.1 Å². The molecule has 2 aromatic rings. The van der Waals surface area contributed by atoms with Crippen molar-refractivity contribution in [3.05, 3.63) is 42.5 Å². The van der Waals surface area contributed by atoms with Gasteiger partial charge in [-0.1, -0.05) is 18.2 Å². The van der Waals surface area contributed by atoms with Crippen molar-refractivity contribution < 1.29 is 22.6 Å². The minimum Gasteiger partial charge on any atom is -0.326 e. The van der Waals surface area contributed by atoms with E-state index in [0.29, 0.717) is 16.8 Å². The highest BCUT2D eigenvalue weighted by Gasteiger charge is 2.18. The number of hydrogen-bond acceptors (Lipinski definition) is 5. The van der Waals surface area contributed by atoms with Gasteiger partial charge in [-0.3, -0.25) is 14.1 Å². The number of nitrogens with one attached hydrogen (secondary N) is 2. The summed E-state index contributed by atoms with van der Waals surface area (Å²) in [5.41, 5.74) is 1.58. The number of nitrogens with zero attached hydrogens (tertiary/aromatic N) is 1. The predicted molar refractivity (Wildman–Crippen MR) is 94.9 cm³/mol. The van der Waals surface area contributed by atoms with Crippen LogP contribution in [0.15, 0.2) is 47.4 Å². The van der Waals surface area contributed by atoms with Gasteiger partial charge in [0.05, 0.1) is 11.8 Å². The van der Waals surface area contributed by atoms with Crippen LogP contribution in [0.4, 0.5) is 11.4 Å². The number of nitriles is 1. The Balaban J connectivity index is 2.41. The summed E-state index contributed by atoms with van der Waals surface area (Å²) in [4.78, 5) is 22.1. The average molecular weight is 373 g/mol. The van der Waals surface area contributed by atoms with Gasteiger partial charge in [0, 0.05) is 12.6 Å². The Hall–Kier alpha value is -3.22. The van der Waals surface area contributed by atoms with E-state index in [1.807, 2.05) is 0 Å². The van der Waals surface area contributed by atoms with Crippen molar-refractivity contribution in [3.63, 3.8) is 0 Å². The Morgan fingerprint density at radius 2 is 1.69 bits per heavy atom. The van der Waals surface area contributed by atoms with Crippen molar-refractivity contribution in [1.82, 2.24) is 0 Å². The Labute approximate surface area is 150 Å². The van der Waals surface area contributed by atoms with Gasteiger partial charge in [0.1, 0.15) is 11.3 Å². The number of hydrogen-bond donors (Lipinski definition) is 3. The number of carbonyl (C=O) groups is 2. The van der Waals surface area contributed by atoms with Crippen LogP contribution in [-0.2, 0) is 19.7 Å². The van der Waals surface area contributed by atoms with E-state index in [1.54, 1.807) is 36.4 Å². The normalized spacial score (nSPS) is 10.7. The number of rotatable bonds is 5. The minimum atomic E-state index is -4.60. The lowest BCUT2D eigenvalue weighted by atomic mass is 10.0. The maximum Gasteiger partial charge on any atom is 0.296 e. The highest BCUT2D eigenvalue weighted by molar-refractivity contribution is 7.86. The van der Waals surface area contributed by atoms with Crippen LogP contribution in [-0.4, -0.2) is 24.8 Å². The Morgan fingerprint density at radius 3 is 2.23 bits per heavy atom. The molecule has 0 unspecified atom stereocenters. The fourth-order valence-corrected chi connectivity index (χ4v) is 2.91. The molecule has 0 aliphatic rings. The summed E-state index contributed by atoms with van der Waals surface area (Å²) in [5.74, 6) is -0.909. The lowest BCUT2D eigenvalue weighted by Crippen LogP contribution is -2.13. The molecule has 0 heterocycles. The summed E-state index contributed by atoms with van der Waals surface area (Å²) in [6.07, 6.45) is -0.447. The van der Waals surface area contributed by atoms with E-state index in [2.05, 4.69) is 10.6 Å². The Bertz CT molecular complexity index is 992. The third-order valence-electron chi connectivity index (χ3n) is 3.31. The minimum absolute atomic E-state index is 0.119. The van der Waals surface area contributed by atoms with Gasteiger partial charge in [-0.2, -0.15) is 13.7 Å². The van der Waals surface area contributed by atoms with E-state index in [0.717, 1.165) is 0 Å². The zero-order valence-electron chi connectivity index (χ0n) is 13.7. The highest BCUT2D eigenvalue weighted by Crippen LogP contribution is 2.29. The number of anilines is 2. The van der Waals surface area contributed by atoms with E-state index in [9.17, 15) is 22.6 Å². The van der Waals surface area contributed by atoms with Crippen LogP contribution < -0.4 is 10.6 Å². The summed E-state index contributed by atoms with van der Waals surface area (Å²) in [6.45, 7) is 1.38. The van der Waals surface area contributed by atoms with Crippen molar-refractivity contribution >= 4 is 33.3 Å². The second-order valence-electron chi connectivity index (χ2n) is 5.33. The van der Waals surface area contributed by atoms with E-state index in [-0.39, 0.29) is 11.6 Å². The molecule has 26 heavy (non-hydrogen) atoms. The van der Waals surface area contributed by atoms with Crippen molar-refractivity contribution in [2.75, 3.05) is 10.6 Å². The maximum atomic E-state index is 11.6. The van der Waals surface area contributed by atoms with Crippen molar-refractivity contribution in [1.29, 1.82) is 5.26 Å². The SMILES string of the molecule is CC(=O)Nc1ccc(-c2ccc(NC(=O)CC#N)c(S(=O)(=O)O)c2)cc1. The summed E-state index contributed by atoms with van der Waals surface area (Å²) < 4.78 is 32.7. The van der Waals surface area contributed by atoms with E-state index < -0.39 is 27.3 Å². The maximum absolute atomic E-state index is 11.6. The topological polar surface area (TPSA) is 136 Å². The first-order valence-corrected chi connectivity index (χ1v) is 8.81. The molecule has 0 aromatic heterocycles. The Kier molecular flexibility index (Phi) is 5.71. The van der Waals surface area contributed by atoms with Crippen molar-refractivity contribution in [2.24, 2.45) is 0 Å². The van der Waals surface area contributed by atoms with Crippen LogP contribution in [0, 0.1) is 11.3 Å². The first kappa shape index (κ1) is 19.1. The average Bonchev–Trinajstić information content (AvgIpc) is 2.54. The number of amides is 2. The first-order chi connectivity index (χ1) is 12.2. The van der Waals surface area contributed by atoms with Crippen molar-refractivity contribution in [2.45, 2.75) is 18.2 Å². The summed E-state index contributed by atoms with van der Waals surface area (Å²) in [5, 5.41) is 13.4. The van der Waals surface area contributed by atoms with Gasteiger partial charge in [-0.15, -0.1) is 0 Å². The van der Waals surface area contributed by atoms with Gasteiger partial charge in [0.2, 0.25) is 11.8 Å². The van der Waals surface area contributed by atoms with E-state index in [4.69, 9.17) is 5.26 Å². The molecule has 0 fully saturated rings. The highest BCUT2D eigenvalue weighted by atomic mass is 32.2. The summed E-state index contributed by atoms with van der Waals surface area (Å²) in [6, 6.07) is 12.4. The largest absolute Gasteiger partial charge is 0.326 e. The summed E-state index contributed by atoms with van der Waals surface area (Å²) >= 11 is 0. The molecule has 134 valence electrons. The second kappa shape index (κ2) is 7.77. The van der Waals surface area contributed by atoms with Gasteiger partial charge in [-0.25, -0.2) is 0 Å². The van der Waals surface area contributed by atoms with Crippen LogP contribution in [0.3, 0.4) is 0 Å². The summed E-state index contributed by atoms with van der Waals surface area (Å²) in [7, 11) is -4.60. The second-order valence-corrected chi connectivity index (χ2v) is 6.72. The predicted octanol–water partition coefficient (Wildman–Crippen LogP) is 2.41. The standard InChI is InChI=1S/C17H15N3O5S/c1-11(21)19-14-5-2-12(3-6-14)13-4-7-15(20-17(22)8-9-18)16(10-13)26(23,24)25/h2-7,10H,8H2,1H3,(H,19,21)(H,20,22)(H,23,24,25). The lowest BCUT2D eigenvalue weighted by Gasteiger charge is -2.11.